The number of piperidine rings is 1. The number of likely N-dealkylation sites (tertiary alicyclic amines) is 1. The summed E-state index contributed by atoms with van der Waals surface area (Å²) in [5.74, 6) is -0.560. The first-order chi connectivity index (χ1) is 16.3. The quantitative estimate of drug-likeness (QED) is 0.481. The van der Waals surface area contributed by atoms with E-state index in [1.54, 1.807) is 13.8 Å². The molecule has 0 N–H and O–H groups in total. The molecule has 8 heteroatoms. The Kier molecular flexibility index (Phi) is 7.09. The highest BCUT2D eigenvalue weighted by Crippen LogP contribution is 2.35. The maximum absolute atomic E-state index is 14.6. The zero-order chi connectivity index (χ0) is 24.3. The molecule has 2 aromatic carbocycles. The molecule has 4 rings (SSSR count). The Labute approximate surface area is 199 Å². The highest BCUT2D eigenvalue weighted by atomic mass is 19.1. The Morgan fingerprint density at radius 3 is 2.53 bits per heavy atom. The van der Waals surface area contributed by atoms with Gasteiger partial charge >= 0.3 is 0 Å². The summed E-state index contributed by atoms with van der Waals surface area (Å²) in [5.41, 5.74) is 0.978. The van der Waals surface area contributed by atoms with Gasteiger partial charge in [-0.3, -0.25) is 19.8 Å². The number of benzene rings is 2. The molecule has 2 aliphatic heterocycles. The molecule has 0 aromatic heterocycles. The van der Waals surface area contributed by atoms with Crippen LogP contribution in [0.4, 0.5) is 10.1 Å². The molecule has 0 saturated carbocycles. The summed E-state index contributed by atoms with van der Waals surface area (Å²) in [6.45, 7) is 6.59. The molecule has 0 unspecified atom stereocenters. The number of rotatable bonds is 5. The van der Waals surface area contributed by atoms with Crippen LogP contribution in [0.3, 0.4) is 0 Å². The Balaban J connectivity index is 1.62. The van der Waals surface area contributed by atoms with Crippen LogP contribution in [0.1, 0.15) is 37.8 Å². The molecule has 2 aromatic rings. The Bertz CT molecular complexity index is 1080. The minimum Gasteiger partial charge on any atom is -0.365 e. The molecule has 180 valence electrons. The van der Waals surface area contributed by atoms with Crippen LogP contribution >= 0.6 is 0 Å². The summed E-state index contributed by atoms with van der Waals surface area (Å²) in [5, 5.41) is 11.5. The third-order valence-corrected chi connectivity index (χ3v) is 6.74. The van der Waals surface area contributed by atoms with Gasteiger partial charge in [0.2, 0.25) is 5.91 Å². The van der Waals surface area contributed by atoms with Crippen molar-refractivity contribution in [3.8, 4) is 0 Å². The van der Waals surface area contributed by atoms with Crippen LogP contribution in [0.15, 0.2) is 54.6 Å². The van der Waals surface area contributed by atoms with Crippen LogP contribution in [0.25, 0.3) is 5.57 Å². The van der Waals surface area contributed by atoms with E-state index < -0.39 is 16.3 Å². The number of nitrogens with zero attached hydrogens (tertiary/aromatic N) is 3. The summed E-state index contributed by atoms with van der Waals surface area (Å²) in [7, 11) is 0. The lowest BCUT2D eigenvalue weighted by Crippen LogP contribution is -2.59. The van der Waals surface area contributed by atoms with Gasteiger partial charge in [0.25, 0.3) is 5.69 Å². The standard InChI is InChI=1S/C26H30FN3O4/c1-19(25-23(27)9-6-10-24(25)30(32)33)15-22-17-28(16-21-7-4-3-5-8-21)18-26(34-22)11-13-29(14-12-26)20(2)31/h3-10,15,22H,11-14,16-18H2,1-2H3/b19-15+/t22-/m1/s1. The van der Waals surface area contributed by atoms with Crippen LogP contribution in [0, 0.1) is 15.9 Å². The Morgan fingerprint density at radius 2 is 1.88 bits per heavy atom. The second kappa shape index (κ2) is 10.0. The molecule has 2 aliphatic rings. The highest BCUT2D eigenvalue weighted by molar-refractivity contribution is 5.73. The number of allylic oxidation sites excluding steroid dienone is 1. The number of nitro benzene ring substituents is 1. The molecule has 2 fully saturated rings. The molecule has 1 spiro atoms. The highest BCUT2D eigenvalue weighted by Gasteiger charge is 2.43. The van der Waals surface area contributed by atoms with Crippen LogP contribution in [-0.4, -0.2) is 58.5 Å². The molecule has 7 nitrogen and oxygen atoms in total. The molecule has 2 saturated heterocycles. The fourth-order valence-electron chi connectivity index (χ4n) is 5.09. The van der Waals surface area contributed by atoms with Crippen LogP contribution in [0.2, 0.25) is 0 Å². The summed E-state index contributed by atoms with van der Waals surface area (Å²) < 4.78 is 21.2. The zero-order valence-electron chi connectivity index (χ0n) is 19.6. The van der Waals surface area contributed by atoms with Crippen LogP contribution in [-0.2, 0) is 16.1 Å². The predicted molar refractivity (Wildman–Crippen MR) is 128 cm³/mol. The maximum atomic E-state index is 14.6. The van der Waals surface area contributed by atoms with E-state index in [0.717, 1.165) is 13.1 Å². The van der Waals surface area contributed by atoms with E-state index in [1.807, 2.05) is 29.2 Å². The van der Waals surface area contributed by atoms with E-state index in [4.69, 9.17) is 4.74 Å². The van der Waals surface area contributed by atoms with Crippen LogP contribution in [0.5, 0.6) is 0 Å². The van der Waals surface area contributed by atoms with Gasteiger partial charge < -0.3 is 9.64 Å². The molecular weight excluding hydrogens is 437 g/mol. The van der Waals surface area contributed by atoms with Gasteiger partial charge in [-0.1, -0.05) is 42.5 Å². The average molecular weight is 468 g/mol. The number of morpholine rings is 1. The minimum absolute atomic E-state index is 0.00303. The number of carbonyl (C=O) groups is 1. The number of carbonyl (C=O) groups excluding carboxylic acids is 1. The SMILES string of the molecule is CC(=O)N1CCC2(CC1)CN(Cc1ccccc1)C[C@@H](/C=C(\C)c1c(F)cccc1[N+](=O)[O-])O2. The van der Waals surface area contributed by atoms with Crippen molar-refractivity contribution in [1.29, 1.82) is 0 Å². The molecule has 0 radical (unpaired) electrons. The van der Waals surface area contributed by atoms with Crippen molar-refractivity contribution in [1.82, 2.24) is 9.80 Å². The number of hydrogen-bond acceptors (Lipinski definition) is 5. The minimum atomic E-state index is -0.621. The van der Waals surface area contributed by atoms with E-state index in [-0.39, 0.29) is 23.3 Å². The van der Waals surface area contributed by atoms with Crippen LogP contribution < -0.4 is 0 Å². The van der Waals surface area contributed by atoms with Crippen molar-refractivity contribution in [3.63, 3.8) is 0 Å². The van der Waals surface area contributed by atoms with Gasteiger partial charge in [-0.15, -0.1) is 0 Å². The number of halogens is 1. The van der Waals surface area contributed by atoms with E-state index >= 15 is 0 Å². The van der Waals surface area contributed by atoms with Crippen molar-refractivity contribution in [2.75, 3.05) is 26.2 Å². The van der Waals surface area contributed by atoms with Crippen molar-refractivity contribution >= 4 is 17.2 Å². The normalized spacial score (nSPS) is 21.0. The molecular formula is C26H30FN3O4. The molecule has 1 amide bonds. The smallest absolute Gasteiger partial charge is 0.279 e. The second-order valence-corrected chi connectivity index (χ2v) is 9.24. The van der Waals surface area contributed by atoms with E-state index in [0.29, 0.717) is 38.0 Å². The first-order valence-corrected chi connectivity index (χ1v) is 11.6. The van der Waals surface area contributed by atoms with Gasteiger partial charge in [0.05, 0.1) is 22.2 Å². The Morgan fingerprint density at radius 1 is 1.18 bits per heavy atom. The molecule has 0 aliphatic carbocycles. The maximum Gasteiger partial charge on any atom is 0.279 e. The number of ether oxygens (including phenoxy) is 1. The van der Waals surface area contributed by atoms with Gasteiger partial charge in [0.15, 0.2) is 0 Å². The molecule has 2 heterocycles. The predicted octanol–water partition coefficient (Wildman–Crippen LogP) is 4.42. The topological polar surface area (TPSA) is 75.9 Å². The monoisotopic (exact) mass is 467 g/mol. The second-order valence-electron chi connectivity index (χ2n) is 9.24. The van der Waals surface area contributed by atoms with Gasteiger partial charge in [-0.2, -0.15) is 0 Å². The van der Waals surface area contributed by atoms with Crippen molar-refractivity contribution < 1.29 is 18.8 Å². The van der Waals surface area contributed by atoms with Crippen molar-refractivity contribution in [2.24, 2.45) is 0 Å². The van der Waals surface area contributed by atoms with Crippen molar-refractivity contribution in [2.45, 2.75) is 44.9 Å². The first kappa shape index (κ1) is 24.0. The molecule has 1 atom stereocenters. The third-order valence-electron chi connectivity index (χ3n) is 6.74. The lowest BCUT2D eigenvalue weighted by atomic mass is 9.88. The number of nitro groups is 1. The van der Waals surface area contributed by atoms with Gasteiger partial charge in [-0.25, -0.2) is 4.39 Å². The summed E-state index contributed by atoms with van der Waals surface area (Å²) in [4.78, 5) is 26.9. The van der Waals surface area contributed by atoms with E-state index in [1.165, 1.54) is 23.8 Å². The summed E-state index contributed by atoms with van der Waals surface area (Å²) >= 11 is 0. The fourth-order valence-corrected chi connectivity index (χ4v) is 5.09. The Hall–Kier alpha value is -3.10. The average Bonchev–Trinajstić information content (AvgIpc) is 2.79. The third kappa shape index (κ3) is 5.34. The van der Waals surface area contributed by atoms with Gasteiger partial charge in [0, 0.05) is 45.7 Å². The van der Waals surface area contributed by atoms with E-state index in [9.17, 15) is 19.3 Å². The summed E-state index contributed by atoms with van der Waals surface area (Å²) in [6, 6.07) is 14.1. The fraction of sp³-hybridized carbons (Fsp3) is 0.423. The lowest BCUT2D eigenvalue weighted by molar-refractivity contribution is -0.385. The number of amides is 1. The summed E-state index contributed by atoms with van der Waals surface area (Å²) in [6.07, 6.45) is 2.87. The number of hydrogen-bond donors (Lipinski definition) is 0. The molecule has 34 heavy (non-hydrogen) atoms. The van der Waals surface area contributed by atoms with E-state index in [2.05, 4.69) is 17.0 Å². The van der Waals surface area contributed by atoms with Gasteiger partial charge in [-0.05, 0) is 37.0 Å². The first-order valence-electron chi connectivity index (χ1n) is 11.6. The molecule has 0 bridgehead atoms. The largest absolute Gasteiger partial charge is 0.365 e. The lowest BCUT2D eigenvalue weighted by Gasteiger charge is -2.49. The van der Waals surface area contributed by atoms with Crippen molar-refractivity contribution in [3.05, 3.63) is 81.7 Å². The van der Waals surface area contributed by atoms with Gasteiger partial charge in [0.1, 0.15) is 5.82 Å². The zero-order valence-corrected chi connectivity index (χ0v) is 19.6.